The van der Waals surface area contributed by atoms with Crippen LogP contribution in [0, 0.1) is 0 Å². The number of rotatable bonds is 6. The Hall–Kier alpha value is -13.8. The normalized spacial score (nSPS) is 14.5. The molecule has 0 bridgehead atoms. The molecule has 0 aliphatic heterocycles. The van der Waals surface area contributed by atoms with Crippen LogP contribution >= 0.6 is 0 Å². The number of fused-ring (bicyclic) bond motifs is 26. The highest BCUT2D eigenvalue weighted by molar-refractivity contribution is 6.26. The van der Waals surface area contributed by atoms with Gasteiger partial charge >= 0.3 is 0 Å². The van der Waals surface area contributed by atoms with E-state index < -0.39 is 0 Å². The van der Waals surface area contributed by atoms with Gasteiger partial charge in [0.05, 0.1) is 0 Å². The molecule has 0 atom stereocenters. The molecule has 22 aromatic rings. The summed E-state index contributed by atoms with van der Waals surface area (Å²) in [5.74, 6) is 0. The van der Waals surface area contributed by atoms with Crippen LogP contribution in [0.25, 0.3) is 220 Å². The van der Waals surface area contributed by atoms with Crippen LogP contribution < -0.4 is 0 Å². The molecule has 2 spiro atoms. The maximum absolute atomic E-state index is 6.46. The molecule has 0 amide bonds. The lowest BCUT2D eigenvalue weighted by Gasteiger charge is -2.27. The number of hydrogen-bond donors (Lipinski definition) is 0. The van der Waals surface area contributed by atoms with E-state index >= 15 is 0 Å². The minimum Gasteiger partial charge on any atom is -0.456 e. The molecule has 4 aliphatic rings. The monoisotopic (exact) mass is 1460 g/mol. The van der Waals surface area contributed by atoms with Crippen molar-refractivity contribution in [3.8, 4) is 89.0 Å². The van der Waals surface area contributed by atoms with Gasteiger partial charge in [0.25, 0.3) is 0 Å². The molecule has 2 saturated carbocycles. The molecule has 0 saturated heterocycles. The number of benzene rings is 18. The minimum absolute atomic E-state index is 0.0780. The second-order valence-corrected chi connectivity index (χ2v) is 32.4. The summed E-state index contributed by atoms with van der Waals surface area (Å²) in [6.45, 7) is 0. The van der Waals surface area contributed by atoms with E-state index in [2.05, 4.69) is 328 Å². The van der Waals surface area contributed by atoms with E-state index in [0.717, 1.165) is 87.8 Å². The van der Waals surface area contributed by atoms with E-state index in [1.165, 1.54) is 206 Å². The topological polar surface area (TPSA) is 52.6 Å². The maximum atomic E-state index is 6.46. The van der Waals surface area contributed by atoms with Gasteiger partial charge in [-0.2, -0.15) is 0 Å². The second kappa shape index (κ2) is 24.4. The first-order valence-electron chi connectivity index (χ1n) is 40.6. The Bertz CT molecular complexity index is 7540. The van der Waals surface area contributed by atoms with Gasteiger partial charge in [0.1, 0.15) is 44.7 Å². The van der Waals surface area contributed by atoms with Gasteiger partial charge in [-0.1, -0.05) is 293 Å². The zero-order chi connectivity index (χ0) is 74.5. The summed E-state index contributed by atoms with van der Waals surface area (Å²) < 4.78 is 25.5. The lowest BCUT2D eigenvalue weighted by molar-refractivity contribution is 0.550. The van der Waals surface area contributed by atoms with Crippen LogP contribution in [-0.4, -0.2) is 0 Å². The van der Waals surface area contributed by atoms with Gasteiger partial charge in [-0.25, -0.2) is 0 Å². The Morgan fingerprint density at radius 1 is 0.167 bits per heavy atom. The fraction of sp³-hybridized carbons (Fsp3) is 0.0909. The summed E-state index contributed by atoms with van der Waals surface area (Å²) in [7, 11) is 0. The largest absolute Gasteiger partial charge is 0.456 e. The molecule has 0 radical (unpaired) electrons. The van der Waals surface area contributed by atoms with E-state index in [0.29, 0.717) is 0 Å². The molecule has 114 heavy (non-hydrogen) atoms. The maximum Gasteiger partial charge on any atom is 0.136 e. The zero-order valence-electron chi connectivity index (χ0n) is 62.6. The van der Waals surface area contributed by atoms with Gasteiger partial charge in [-0.15, -0.1) is 0 Å². The Morgan fingerprint density at radius 3 is 0.877 bits per heavy atom. The molecule has 26 rings (SSSR count). The average Bonchev–Trinajstić information content (AvgIpc) is 1.46. The first-order valence-corrected chi connectivity index (χ1v) is 40.6. The molecular formula is C110H72O4. The lowest BCUT2D eigenvalue weighted by atomic mass is 9.76. The zero-order valence-corrected chi connectivity index (χ0v) is 62.6. The van der Waals surface area contributed by atoms with Crippen molar-refractivity contribution in [2.45, 2.75) is 62.2 Å². The fourth-order valence-corrected chi connectivity index (χ4v) is 22.1. The van der Waals surface area contributed by atoms with E-state index in [9.17, 15) is 0 Å². The van der Waals surface area contributed by atoms with Gasteiger partial charge in [-0.3, -0.25) is 0 Å². The highest BCUT2D eigenvalue weighted by atomic mass is 16.3. The molecule has 4 heterocycles. The molecule has 0 N–H and O–H groups in total. The summed E-state index contributed by atoms with van der Waals surface area (Å²) >= 11 is 0. The van der Waals surface area contributed by atoms with Crippen molar-refractivity contribution in [2.24, 2.45) is 0 Å². The molecule has 536 valence electrons. The molecule has 4 nitrogen and oxygen atoms in total. The van der Waals surface area contributed by atoms with Gasteiger partial charge < -0.3 is 17.7 Å². The van der Waals surface area contributed by atoms with E-state index in [4.69, 9.17) is 17.7 Å². The molecule has 0 unspecified atom stereocenters. The average molecular weight is 1460 g/mol. The van der Waals surface area contributed by atoms with Crippen LogP contribution in [0.5, 0.6) is 0 Å². The number of furan rings is 4. The van der Waals surface area contributed by atoms with Gasteiger partial charge in [0, 0.05) is 53.9 Å². The fourth-order valence-electron chi connectivity index (χ4n) is 22.1. The van der Waals surface area contributed by atoms with E-state index in [-0.39, 0.29) is 10.8 Å². The van der Waals surface area contributed by atoms with Crippen LogP contribution in [0.4, 0.5) is 0 Å². The SMILES string of the molecule is c1ccc2c(c1)-c1c(-c3c4cccc(-c5ccc6oc7ccccc7c6c5)c4cc4c(-c5ccc6oc7ccccc7c6c5)cccc34)cccc1C21CCCC1.c1ccc2c(c1)-c1c(-c3c4cccc(-c5cccc6oc7ccccc7c56)c4cc4c(-c5cccc6oc7ccccc7c56)cccc34)cccc1C21CCCC1. The van der Waals surface area contributed by atoms with Crippen molar-refractivity contribution in [3.05, 3.63) is 362 Å². The first-order chi connectivity index (χ1) is 56.5. The summed E-state index contributed by atoms with van der Waals surface area (Å²) in [5.41, 5.74) is 33.9. The van der Waals surface area contributed by atoms with Crippen molar-refractivity contribution in [1.29, 1.82) is 0 Å². The quantitative estimate of drug-likeness (QED) is 0.156. The van der Waals surface area contributed by atoms with Crippen LogP contribution in [0.15, 0.2) is 357 Å². The van der Waals surface area contributed by atoms with Crippen molar-refractivity contribution >= 4 is 131 Å². The molecule has 18 aromatic carbocycles. The molecule has 4 heteroatoms. The smallest absolute Gasteiger partial charge is 0.136 e. The van der Waals surface area contributed by atoms with Crippen molar-refractivity contribution in [2.75, 3.05) is 0 Å². The van der Waals surface area contributed by atoms with Crippen molar-refractivity contribution in [3.63, 3.8) is 0 Å². The molecule has 4 aromatic heterocycles. The highest BCUT2D eigenvalue weighted by Gasteiger charge is 2.47. The van der Waals surface area contributed by atoms with Crippen LogP contribution in [0.3, 0.4) is 0 Å². The second-order valence-electron chi connectivity index (χ2n) is 32.4. The summed E-state index contributed by atoms with van der Waals surface area (Å²) in [6.07, 6.45) is 9.91. The molecule has 4 aliphatic carbocycles. The Labute approximate surface area is 657 Å². The Morgan fingerprint density at radius 2 is 0.447 bits per heavy atom. The number of para-hydroxylation sites is 4. The minimum atomic E-state index is 0.0780. The standard InChI is InChI=1S/2C55H36O2/c1-4-24-45-39(14-1)52-42(23-11-25-46(52)55(45)30-7-8-31-55)51-37-19-9-17-33(35-21-12-28-49-53(35)40-15-2-5-26-47(40)56-49)43(37)32-44-34(18-10-20-38(44)51)36-22-13-29-50-54(36)41-16-3-6-27-48(41)57-50;1-4-20-47-41(14-1)54-42(19-11-21-48(54)55(47)28-7-8-29-55)53-39-17-9-15-35(33-24-26-51-45(30-33)37-12-2-5-22-49(37)56-51)43(39)32-44-36(16-10-18-40(44)53)34-25-27-52-46(31-34)38-13-3-6-23-50(38)57-52/h1-6,9-29,32H,7-8,30-31H2;1-6,9-27,30-32H,7-8,28-29H2. The first kappa shape index (κ1) is 63.9. The van der Waals surface area contributed by atoms with Crippen LogP contribution in [-0.2, 0) is 10.8 Å². The van der Waals surface area contributed by atoms with Gasteiger partial charge in [0.2, 0.25) is 0 Å². The van der Waals surface area contributed by atoms with Crippen LogP contribution in [0.2, 0.25) is 0 Å². The van der Waals surface area contributed by atoms with Crippen molar-refractivity contribution in [1.82, 2.24) is 0 Å². The van der Waals surface area contributed by atoms with E-state index in [1.54, 1.807) is 0 Å². The third kappa shape index (κ3) is 9.05. The summed E-state index contributed by atoms with van der Waals surface area (Å²) in [6, 6.07) is 125. The van der Waals surface area contributed by atoms with Crippen molar-refractivity contribution < 1.29 is 17.7 Å². The van der Waals surface area contributed by atoms with Gasteiger partial charge in [0.15, 0.2) is 0 Å². The summed E-state index contributed by atoms with van der Waals surface area (Å²) in [5, 5.41) is 19.2. The molecule has 2 fully saturated rings. The lowest BCUT2D eigenvalue weighted by Crippen LogP contribution is -2.20. The van der Waals surface area contributed by atoms with Gasteiger partial charge in [-0.05, 0) is 253 Å². The Balaban J connectivity index is 0.000000129. The predicted molar refractivity (Wildman–Crippen MR) is 474 cm³/mol. The molecular weight excluding hydrogens is 1390 g/mol. The highest BCUT2D eigenvalue weighted by Crippen LogP contribution is 2.63. The summed E-state index contributed by atoms with van der Waals surface area (Å²) in [4.78, 5) is 0. The third-order valence-electron chi connectivity index (χ3n) is 26.9. The predicted octanol–water partition coefficient (Wildman–Crippen LogP) is 31.3. The Kier molecular flexibility index (Phi) is 13.7. The van der Waals surface area contributed by atoms with Crippen LogP contribution in [0.1, 0.15) is 73.6 Å². The van der Waals surface area contributed by atoms with E-state index in [1.807, 2.05) is 12.1 Å². The number of hydrogen-bond acceptors (Lipinski definition) is 4. The third-order valence-corrected chi connectivity index (χ3v) is 26.9.